The van der Waals surface area contributed by atoms with Gasteiger partial charge in [0, 0.05) is 27.0 Å². The molecule has 3 N–H and O–H groups in total. The lowest BCUT2D eigenvalue weighted by Gasteiger charge is -2.36. The summed E-state index contributed by atoms with van der Waals surface area (Å²) in [4.78, 5) is 22.1. The molecule has 0 radical (unpaired) electrons. The summed E-state index contributed by atoms with van der Waals surface area (Å²) in [6.45, 7) is 4.13. The molecule has 1 aromatic carbocycles. The summed E-state index contributed by atoms with van der Waals surface area (Å²) in [7, 11) is 1.81. The summed E-state index contributed by atoms with van der Waals surface area (Å²) < 4.78 is 19.6. The molecule has 4 heterocycles. The van der Waals surface area contributed by atoms with Crippen LogP contribution in [0.2, 0.25) is 0 Å². The predicted molar refractivity (Wildman–Crippen MR) is 118 cm³/mol. The number of pyridine rings is 1. The number of imidazole rings is 1. The van der Waals surface area contributed by atoms with E-state index in [1.54, 1.807) is 0 Å². The number of carbonyl (C=O) groups excluding carboxylic acids is 1. The molecule has 3 aliphatic rings. The van der Waals surface area contributed by atoms with Gasteiger partial charge in [0.1, 0.15) is 17.7 Å². The quantitative estimate of drug-likeness (QED) is 0.533. The van der Waals surface area contributed by atoms with Crippen molar-refractivity contribution in [2.45, 2.75) is 51.2 Å². The highest BCUT2D eigenvalue weighted by molar-refractivity contribution is 5.94. The number of aromatic nitrogens is 3. The summed E-state index contributed by atoms with van der Waals surface area (Å²) in [6, 6.07) is 5.46. The third-order valence-corrected chi connectivity index (χ3v) is 6.06. The number of anilines is 3. The van der Waals surface area contributed by atoms with Gasteiger partial charge in [-0.2, -0.15) is 0 Å². The molecule has 166 valence electrons. The molecule has 3 aromatic rings. The molecule has 4 bridgehead atoms. The molecule has 0 unspecified atom stereocenters. The molecule has 1 fully saturated rings. The van der Waals surface area contributed by atoms with Gasteiger partial charge >= 0.3 is 6.03 Å². The first-order chi connectivity index (χ1) is 15.4. The van der Waals surface area contributed by atoms with Gasteiger partial charge in [-0.05, 0) is 30.5 Å². The topological polar surface area (TPSA) is 112 Å². The lowest BCUT2D eigenvalue weighted by Crippen LogP contribution is -2.52. The Morgan fingerprint density at radius 3 is 2.88 bits per heavy atom. The van der Waals surface area contributed by atoms with Gasteiger partial charge in [-0.15, -0.1) is 0 Å². The van der Waals surface area contributed by atoms with E-state index in [4.69, 9.17) is 19.2 Å². The van der Waals surface area contributed by atoms with E-state index in [1.807, 2.05) is 39.1 Å². The number of hydrogen-bond acceptors (Lipinski definition) is 8. The summed E-state index contributed by atoms with van der Waals surface area (Å²) >= 11 is 0. The minimum absolute atomic E-state index is 0.0497. The average molecular weight is 436 g/mol. The second kappa shape index (κ2) is 6.73. The van der Waals surface area contributed by atoms with Gasteiger partial charge < -0.3 is 30.2 Å². The Labute approximate surface area is 184 Å². The first-order valence-corrected chi connectivity index (χ1v) is 10.7. The fraction of sp³-hybridized carbons (Fsp3) is 0.409. The number of benzene rings is 1. The molecular formula is C22H24N6O4. The Morgan fingerprint density at radius 2 is 2.09 bits per heavy atom. The van der Waals surface area contributed by atoms with Gasteiger partial charge in [-0.3, -0.25) is 0 Å². The third-order valence-electron chi connectivity index (χ3n) is 6.06. The van der Waals surface area contributed by atoms with Crippen molar-refractivity contribution in [1.82, 2.24) is 19.9 Å². The minimum Gasteiger partial charge on any atom is -0.449 e. The zero-order valence-electron chi connectivity index (χ0n) is 18.1. The van der Waals surface area contributed by atoms with Crippen molar-refractivity contribution >= 4 is 34.4 Å². The van der Waals surface area contributed by atoms with Crippen LogP contribution in [0, 0.1) is 0 Å². The van der Waals surface area contributed by atoms with E-state index in [0.29, 0.717) is 35.1 Å². The Bertz CT molecular complexity index is 1250. The van der Waals surface area contributed by atoms with Gasteiger partial charge in [-0.25, -0.2) is 19.3 Å². The van der Waals surface area contributed by atoms with E-state index < -0.39 is 5.79 Å². The van der Waals surface area contributed by atoms with Crippen LogP contribution in [0.5, 0.6) is 11.5 Å². The zero-order chi connectivity index (χ0) is 22.0. The number of fused-ring (bicyclic) bond motifs is 6. The highest BCUT2D eigenvalue weighted by Gasteiger charge is 2.36. The molecular weight excluding hydrogens is 412 g/mol. The van der Waals surface area contributed by atoms with Crippen molar-refractivity contribution in [3.63, 3.8) is 0 Å². The fourth-order valence-corrected chi connectivity index (χ4v) is 4.34. The Hall–Kier alpha value is -3.53. The van der Waals surface area contributed by atoms with Gasteiger partial charge in [-0.1, -0.05) is 0 Å². The second-order valence-corrected chi connectivity index (χ2v) is 8.77. The maximum absolute atomic E-state index is 13.0. The minimum atomic E-state index is -0.775. The molecule has 0 saturated heterocycles. The smallest absolute Gasteiger partial charge is 0.328 e. The van der Waals surface area contributed by atoms with Gasteiger partial charge in [0.05, 0.1) is 30.1 Å². The monoisotopic (exact) mass is 436 g/mol. The van der Waals surface area contributed by atoms with Gasteiger partial charge in [0.2, 0.25) is 5.79 Å². The number of carbonyl (C=O) groups is 1. The Balaban J connectivity index is 1.52. The van der Waals surface area contributed by atoms with E-state index in [2.05, 4.69) is 20.9 Å². The molecule has 2 aliphatic heterocycles. The second-order valence-electron chi connectivity index (χ2n) is 8.77. The van der Waals surface area contributed by atoms with Gasteiger partial charge in [0.15, 0.2) is 17.1 Å². The highest BCUT2D eigenvalue weighted by atomic mass is 16.7. The molecule has 10 heteroatoms. The largest absolute Gasteiger partial charge is 0.449 e. The van der Waals surface area contributed by atoms with E-state index in [-0.39, 0.29) is 18.2 Å². The van der Waals surface area contributed by atoms with Crippen molar-refractivity contribution in [2.75, 3.05) is 17.7 Å². The van der Waals surface area contributed by atoms with E-state index in [9.17, 15) is 4.79 Å². The van der Waals surface area contributed by atoms with Crippen LogP contribution in [-0.2, 0) is 11.3 Å². The maximum Gasteiger partial charge on any atom is 0.328 e. The molecule has 1 amide bonds. The average Bonchev–Trinajstić information content (AvgIpc) is 3.29. The first-order valence-electron chi connectivity index (χ1n) is 10.7. The lowest BCUT2D eigenvalue weighted by molar-refractivity contribution is -0.0432. The van der Waals surface area contributed by atoms with Crippen molar-refractivity contribution < 1.29 is 19.0 Å². The van der Waals surface area contributed by atoms with Crippen LogP contribution in [0.15, 0.2) is 24.5 Å². The van der Waals surface area contributed by atoms with Crippen LogP contribution < -0.4 is 25.4 Å². The van der Waals surface area contributed by atoms with E-state index >= 15 is 0 Å². The van der Waals surface area contributed by atoms with Crippen LogP contribution in [0.4, 0.5) is 22.0 Å². The molecule has 1 aliphatic carbocycles. The fourth-order valence-electron chi connectivity index (χ4n) is 4.34. The number of nitrogens with one attached hydrogen (secondary N) is 3. The normalized spacial score (nSPS) is 23.0. The zero-order valence-corrected chi connectivity index (χ0v) is 18.1. The van der Waals surface area contributed by atoms with Crippen LogP contribution >= 0.6 is 0 Å². The molecule has 2 atom stereocenters. The highest BCUT2D eigenvalue weighted by Crippen LogP contribution is 2.46. The number of ether oxygens (including phenoxy) is 3. The summed E-state index contributed by atoms with van der Waals surface area (Å²) in [5.74, 6) is 1.04. The molecule has 6 rings (SSSR count). The predicted octanol–water partition coefficient (Wildman–Crippen LogP) is 3.34. The SMILES string of the molecule is CNc1cc2nc3c1ncn3C(=O)N[C@@H]1CC[C@H]1OCc1cc(c3c(c1)OC(C)(C)O3)N2. The van der Waals surface area contributed by atoms with Crippen molar-refractivity contribution in [3.8, 4) is 11.5 Å². The van der Waals surface area contributed by atoms with Crippen LogP contribution in [0.1, 0.15) is 32.3 Å². The molecule has 2 aromatic heterocycles. The first kappa shape index (κ1) is 19.2. The van der Waals surface area contributed by atoms with Crippen LogP contribution in [0.3, 0.4) is 0 Å². The van der Waals surface area contributed by atoms with Crippen molar-refractivity contribution in [2.24, 2.45) is 0 Å². The summed E-state index contributed by atoms with van der Waals surface area (Å²) in [5, 5.41) is 9.55. The van der Waals surface area contributed by atoms with Gasteiger partial charge in [0.25, 0.3) is 0 Å². The standard InChI is InChI=1S/C22H24N6O4/c1-22(2)31-16-7-11-6-14(19(16)32-22)25-17-8-13(23-3)18-20(27-17)28(10-24-18)21(29)26-12-4-5-15(12)30-9-11/h6-8,10,12,15H,4-5,9H2,1-3H3,(H,26,29)(H2,23,25,27)/t12-,15-/m1/s1. The number of hydrogen-bond donors (Lipinski definition) is 3. The molecule has 0 spiro atoms. The number of rotatable bonds is 1. The number of nitrogens with zero attached hydrogens (tertiary/aromatic N) is 3. The number of amides is 1. The van der Waals surface area contributed by atoms with Crippen LogP contribution in [0.25, 0.3) is 11.2 Å². The third kappa shape index (κ3) is 3.01. The van der Waals surface area contributed by atoms with E-state index in [1.165, 1.54) is 10.9 Å². The summed E-state index contributed by atoms with van der Waals surface area (Å²) in [5.41, 5.74) is 3.49. The van der Waals surface area contributed by atoms with Crippen LogP contribution in [-0.4, -0.2) is 45.5 Å². The molecule has 1 saturated carbocycles. The lowest BCUT2D eigenvalue weighted by atomic mass is 9.89. The Kier molecular flexibility index (Phi) is 4.03. The molecule has 10 nitrogen and oxygen atoms in total. The Morgan fingerprint density at radius 1 is 1.22 bits per heavy atom. The van der Waals surface area contributed by atoms with Crippen molar-refractivity contribution in [3.05, 3.63) is 30.1 Å². The summed E-state index contributed by atoms with van der Waals surface area (Å²) in [6.07, 6.45) is 3.21. The molecule has 32 heavy (non-hydrogen) atoms. The maximum atomic E-state index is 13.0. The van der Waals surface area contributed by atoms with Crippen molar-refractivity contribution in [1.29, 1.82) is 0 Å². The van der Waals surface area contributed by atoms with E-state index in [0.717, 1.165) is 29.8 Å².